The van der Waals surface area contributed by atoms with Crippen molar-refractivity contribution in [1.82, 2.24) is 29.3 Å². The minimum atomic E-state index is -0.750. The molecule has 0 unspecified atom stereocenters. The van der Waals surface area contributed by atoms with Crippen LogP contribution in [0.25, 0.3) is 38.6 Å². The number of aromatic hydroxyl groups is 4. The van der Waals surface area contributed by atoms with E-state index in [0.29, 0.717) is 55.0 Å². The number of nitriles is 1. The van der Waals surface area contributed by atoms with E-state index < -0.39 is 69.6 Å². The molecule has 10 aromatic rings. The number of allylic oxidation sites excluding steroid dienone is 1. The van der Waals surface area contributed by atoms with Gasteiger partial charge >= 0.3 is 23.9 Å². The highest BCUT2D eigenvalue weighted by Gasteiger charge is 2.29. The lowest BCUT2D eigenvalue weighted by atomic mass is 10.1. The number of fused-ring (bicyclic) bond motifs is 2. The lowest BCUT2D eigenvalue weighted by molar-refractivity contribution is -0.150. The third-order valence-corrected chi connectivity index (χ3v) is 14.8. The second-order valence-electron chi connectivity index (χ2n) is 26.4. The summed E-state index contributed by atoms with van der Waals surface area (Å²) in [5.41, 5.74) is 14.7. The van der Waals surface area contributed by atoms with E-state index in [1.165, 1.54) is 86.6 Å². The number of carbonyl (C=O) groups excluding carboxylic acids is 4. The Kier molecular flexibility index (Phi) is 26.7. The molecule has 0 bridgehead atoms. The molecule has 10 rings (SSSR count). The second kappa shape index (κ2) is 34.4. The number of hydrogen-bond acceptors (Lipinski definition) is 28. The Morgan fingerprint density at radius 2 is 0.876 bits per heavy atom. The fourth-order valence-electron chi connectivity index (χ4n) is 8.60. The van der Waals surface area contributed by atoms with E-state index in [9.17, 15) is 58.5 Å². The lowest BCUT2D eigenvalue weighted by Crippen LogP contribution is -2.31. The first kappa shape index (κ1) is 81.5. The topological polar surface area (TPSA) is 447 Å². The standard InChI is InChI=1S/C19H20FN3O4S.C17H17N3O4S.C17H17N3O4.C14H18N2O4.C6H7NO/c1-19(2,3)27-18(25)15-13-10-28-16(21)14(13)17(24)23(22-15)11-4-6-12(7-5-11)26-9-8-20;1-17(2,3)24-16(23)13-11-8-25-14(18)12(11)15(22)20(19-13)9-4-6-10(21)7-5-9;1-10-13(9-18)15(22)20(11-5-7-12(21)8-6-11)19-14(10)16(23)24-17(2,3)4;1-9(17)12(13(19)20-14(2,3)4)16-15-10-5-7-11(18)8-6-10;7-5-1-3-6(8)4-2-5/h4-7,10H,8-9,21H2,1-3H3;4-8,21H,18H2,1-3H3;5-8,21H,1-4H3;5-8,17-18H,1-4H3;1-4,8H,7H2. The molecular weight excluding hydrogens is 1400 g/mol. The van der Waals surface area contributed by atoms with Crippen molar-refractivity contribution in [3.05, 3.63) is 203 Å². The van der Waals surface area contributed by atoms with Gasteiger partial charge in [0.05, 0.1) is 43.5 Å². The number of hydrogen-bond donors (Lipinski definition) is 8. The molecule has 0 aliphatic rings. The third kappa shape index (κ3) is 23.0. The Bertz CT molecular complexity index is 5050. The number of nitrogens with two attached hydrogens (primary N) is 3. The number of aliphatic hydroxyl groups is 1. The van der Waals surface area contributed by atoms with Crippen LogP contribution in [0.2, 0.25) is 0 Å². The van der Waals surface area contributed by atoms with Gasteiger partial charge in [-0.15, -0.1) is 27.8 Å². The summed E-state index contributed by atoms with van der Waals surface area (Å²) in [4.78, 5) is 87.5. The van der Waals surface area contributed by atoms with Crippen molar-refractivity contribution < 1.29 is 72.8 Å². The molecule has 0 atom stereocenters. The number of rotatable bonds is 12. The average molecular weight is 1480 g/mol. The van der Waals surface area contributed by atoms with Crippen molar-refractivity contribution in [2.75, 3.05) is 30.5 Å². The van der Waals surface area contributed by atoms with Crippen LogP contribution in [0.3, 0.4) is 0 Å². The number of phenols is 4. The van der Waals surface area contributed by atoms with Crippen LogP contribution in [-0.2, 0) is 23.7 Å². The molecule has 105 heavy (non-hydrogen) atoms. The van der Waals surface area contributed by atoms with E-state index >= 15 is 0 Å². The molecule has 0 fully saturated rings. The zero-order valence-corrected chi connectivity index (χ0v) is 61.3. The van der Waals surface area contributed by atoms with E-state index in [-0.39, 0.29) is 80.0 Å². The number of benzene rings is 5. The minimum absolute atomic E-state index is 0.00947. The highest BCUT2D eigenvalue weighted by Crippen LogP contribution is 2.31. The van der Waals surface area contributed by atoms with Crippen LogP contribution in [0, 0.1) is 18.3 Å². The first-order valence-electron chi connectivity index (χ1n) is 31.6. The molecule has 0 radical (unpaired) electrons. The number of alkyl halides is 1. The maximum Gasteiger partial charge on any atom is 0.362 e. The minimum Gasteiger partial charge on any atom is -0.510 e. The number of carbonyl (C=O) groups is 4. The van der Waals surface area contributed by atoms with Gasteiger partial charge in [-0.05, 0) is 218 Å². The van der Waals surface area contributed by atoms with Crippen molar-refractivity contribution in [2.45, 2.75) is 119 Å². The number of nitrogens with zero attached hydrogens (tertiary/aromatic N) is 9. The monoisotopic (exact) mass is 1480 g/mol. The summed E-state index contributed by atoms with van der Waals surface area (Å²) in [5, 5.41) is 80.4. The fraction of sp³-hybridized carbons (Fsp3) is 0.274. The SMILES string of the molecule is CC(C)(C)OC(=O)c1nn(-c2ccc(O)cc2)c(=O)c2c(N)scc12.CC(C)(C)OC(=O)c1nn(-c2ccc(OCCF)cc2)c(=O)c2c(N)scc12.CC(O)=C(N=Nc1ccc(O)cc1)C(=O)OC(C)(C)C.Cc1c(C(=O)OC(C)(C)C)nn(-c2ccc(O)cc2)c(=O)c1C#N.Nc1ccc(O)cc1. The Morgan fingerprint density at radius 3 is 1.23 bits per heavy atom. The summed E-state index contributed by atoms with van der Waals surface area (Å²) < 4.78 is 41.8. The van der Waals surface area contributed by atoms with Gasteiger partial charge in [0.1, 0.15) is 81.8 Å². The second-order valence-corrected chi connectivity index (χ2v) is 28.2. The van der Waals surface area contributed by atoms with Gasteiger partial charge < -0.3 is 66.4 Å². The molecule has 5 aromatic carbocycles. The van der Waals surface area contributed by atoms with Gasteiger partial charge in [-0.25, -0.2) is 23.6 Å². The van der Waals surface area contributed by atoms with Crippen LogP contribution in [0.4, 0.5) is 25.8 Å². The Hall–Kier alpha value is -12.5. The number of anilines is 3. The van der Waals surface area contributed by atoms with Gasteiger partial charge in [0.25, 0.3) is 16.7 Å². The fourth-order valence-corrected chi connectivity index (χ4v) is 10.2. The van der Waals surface area contributed by atoms with Crippen molar-refractivity contribution in [2.24, 2.45) is 10.2 Å². The number of ether oxygens (including phenoxy) is 5. The van der Waals surface area contributed by atoms with Crippen LogP contribution in [0.15, 0.2) is 168 Å². The molecule has 0 amide bonds. The van der Waals surface area contributed by atoms with E-state index in [2.05, 4.69) is 25.5 Å². The molecular formula is C73H79FN12O17S2. The molecule has 5 heterocycles. The number of phenolic OH excluding ortho intramolecular Hbond substituents is 4. The molecule has 0 saturated carbocycles. The first-order valence-corrected chi connectivity index (χ1v) is 33.4. The molecule has 552 valence electrons. The van der Waals surface area contributed by atoms with Crippen LogP contribution >= 0.6 is 22.7 Å². The third-order valence-electron chi connectivity index (χ3n) is 13.1. The molecule has 11 N–H and O–H groups in total. The number of nitrogen functional groups attached to an aromatic ring is 3. The van der Waals surface area contributed by atoms with Crippen LogP contribution < -0.4 is 38.6 Å². The quantitative estimate of drug-likeness (QED) is 0.0107. The Morgan fingerprint density at radius 1 is 0.533 bits per heavy atom. The van der Waals surface area contributed by atoms with Crippen LogP contribution in [0.1, 0.15) is 133 Å². The van der Waals surface area contributed by atoms with E-state index in [1.54, 1.807) is 142 Å². The summed E-state index contributed by atoms with van der Waals surface area (Å²) in [6, 6.07) is 32.1. The molecule has 0 aliphatic carbocycles. The number of esters is 4. The molecule has 0 saturated heterocycles. The number of halogens is 1. The maximum absolute atomic E-state index is 12.9. The van der Waals surface area contributed by atoms with Gasteiger partial charge in [-0.1, -0.05) is 0 Å². The summed E-state index contributed by atoms with van der Waals surface area (Å²) >= 11 is 2.32. The predicted molar refractivity (Wildman–Crippen MR) is 395 cm³/mol. The zero-order chi connectivity index (χ0) is 78.2. The van der Waals surface area contributed by atoms with Gasteiger partial charge in [-0.2, -0.15) is 39.7 Å². The molecule has 32 heteroatoms. The summed E-state index contributed by atoms with van der Waals surface area (Å²) in [7, 11) is 0. The van der Waals surface area contributed by atoms with Crippen molar-refractivity contribution in [3.63, 3.8) is 0 Å². The largest absolute Gasteiger partial charge is 0.510 e. The van der Waals surface area contributed by atoms with Crippen molar-refractivity contribution in [1.29, 1.82) is 5.26 Å². The predicted octanol–water partition coefficient (Wildman–Crippen LogP) is 12.7. The maximum atomic E-state index is 12.9. The van der Waals surface area contributed by atoms with Crippen molar-refractivity contribution >= 4 is 89.5 Å². The van der Waals surface area contributed by atoms with E-state index in [4.69, 9.17) is 51.1 Å². The van der Waals surface area contributed by atoms with E-state index in [1.807, 2.05) is 6.07 Å². The zero-order valence-electron chi connectivity index (χ0n) is 59.7. The number of thiophene rings is 2. The smallest absolute Gasteiger partial charge is 0.362 e. The summed E-state index contributed by atoms with van der Waals surface area (Å²) in [6.07, 6.45) is 0. The Balaban J connectivity index is 0.000000213. The van der Waals surface area contributed by atoms with Crippen LogP contribution in [-0.4, -0.2) is 114 Å². The highest BCUT2D eigenvalue weighted by atomic mass is 32.1. The summed E-state index contributed by atoms with van der Waals surface area (Å²) in [6.45, 7) is 22.9. The van der Waals surface area contributed by atoms with Gasteiger partial charge in [0.15, 0.2) is 17.1 Å². The molecule has 5 aromatic heterocycles. The number of aliphatic hydroxyl groups excluding tert-OH is 1. The average Bonchev–Trinajstić information content (AvgIpc) is 1.41. The normalized spacial score (nSPS) is 11.6. The number of aromatic nitrogens is 6. The first-order chi connectivity index (χ1) is 49.0. The van der Waals surface area contributed by atoms with E-state index in [0.717, 1.165) is 36.7 Å². The van der Waals surface area contributed by atoms with Crippen molar-refractivity contribution in [3.8, 4) is 51.9 Å². The molecule has 0 aliphatic heterocycles. The van der Waals surface area contributed by atoms with Gasteiger partial charge in [0.2, 0.25) is 5.70 Å². The van der Waals surface area contributed by atoms with Gasteiger partial charge in [0, 0.05) is 32.8 Å². The highest BCUT2D eigenvalue weighted by molar-refractivity contribution is 7.16. The number of azo groups is 1. The summed E-state index contributed by atoms with van der Waals surface area (Å²) in [5.74, 6) is -2.14. The molecule has 29 nitrogen and oxygen atoms in total. The lowest BCUT2D eigenvalue weighted by Gasteiger charge is -2.20. The van der Waals surface area contributed by atoms with Crippen LogP contribution in [0.5, 0.6) is 28.7 Å². The Labute approximate surface area is 608 Å². The van der Waals surface area contributed by atoms with Gasteiger partial charge in [-0.3, -0.25) is 14.4 Å². The molecule has 0 spiro atoms.